The summed E-state index contributed by atoms with van der Waals surface area (Å²) in [6.07, 6.45) is 1.67. The monoisotopic (exact) mass is 260 g/mol. The molecule has 0 fully saturated rings. The zero-order valence-electron chi connectivity index (χ0n) is 7.08. The maximum Gasteiger partial charge on any atom is 0.264 e. The summed E-state index contributed by atoms with van der Waals surface area (Å²) in [6, 6.07) is -0.0264. The van der Waals surface area contributed by atoms with E-state index in [0.29, 0.717) is 9.48 Å². The third-order valence-corrected chi connectivity index (χ3v) is 3.13. The SMILES string of the molecule is C=CC(C)NC(=O)c1scnc1Br. The van der Waals surface area contributed by atoms with E-state index in [1.165, 1.54) is 11.3 Å². The van der Waals surface area contributed by atoms with Crippen molar-refractivity contribution < 1.29 is 4.79 Å². The number of hydrogen-bond donors (Lipinski definition) is 1. The Kier molecular flexibility index (Phi) is 3.62. The highest BCUT2D eigenvalue weighted by molar-refractivity contribution is 9.10. The van der Waals surface area contributed by atoms with Gasteiger partial charge in [-0.2, -0.15) is 0 Å². The lowest BCUT2D eigenvalue weighted by atomic mass is 10.3. The molecule has 0 aromatic carbocycles. The van der Waals surface area contributed by atoms with E-state index < -0.39 is 0 Å². The minimum atomic E-state index is -0.123. The summed E-state index contributed by atoms with van der Waals surface area (Å²) in [6.45, 7) is 5.44. The van der Waals surface area contributed by atoms with Crippen molar-refractivity contribution >= 4 is 33.2 Å². The predicted molar refractivity (Wildman–Crippen MR) is 56.9 cm³/mol. The van der Waals surface area contributed by atoms with Gasteiger partial charge in [-0.3, -0.25) is 4.79 Å². The lowest BCUT2D eigenvalue weighted by Crippen LogP contribution is -2.30. The minimum absolute atomic E-state index is 0.0264. The Hall–Kier alpha value is -0.680. The molecule has 1 heterocycles. The molecule has 5 heteroatoms. The van der Waals surface area contributed by atoms with Crippen LogP contribution in [0.4, 0.5) is 0 Å². The van der Waals surface area contributed by atoms with Crippen LogP contribution in [-0.2, 0) is 0 Å². The number of carbonyl (C=O) groups excluding carboxylic acids is 1. The molecule has 0 spiro atoms. The standard InChI is InChI=1S/C8H9BrN2OS/c1-3-5(2)11-8(12)6-7(9)10-4-13-6/h3-5H,1H2,2H3,(H,11,12). The van der Waals surface area contributed by atoms with E-state index in [2.05, 4.69) is 32.8 Å². The van der Waals surface area contributed by atoms with Gasteiger partial charge < -0.3 is 5.32 Å². The fraction of sp³-hybridized carbons (Fsp3) is 0.250. The van der Waals surface area contributed by atoms with Crippen molar-refractivity contribution in [2.24, 2.45) is 0 Å². The molecule has 3 nitrogen and oxygen atoms in total. The zero-order valence-corrected chi connectivity index (χ0v) is 9.48. The highest BCUT2D eigenvalue weighted by Crippen LogP contribution is 2.18. The molecule has 1 atom stereocenters. The summed E-state index contributed by atoms with van der Waals surface area (Å²) in [5, 5.41) is 2.76. The Morgan fingerprint density at radius 2 is 2.62 bits per heavy atom. The van der Waals surface area contributed by atoms with Gasteiger partial charge in [0.2, 0.25) is 0 Å². The Morgan fingerprint density at radius 1 is 1.92 bits per heavy atom. The number of nitrogens with zero attached hydrogens (tertiary/aromatic N) is 1. The van der Waals surface area contributed by atoms with Gasteiger partial charge in [0, 0.05) is 6.04 Å². The van der Waals surface area contributed by atoms with Crippen LogP contribution >= 0.6 is 27.3 Å². The van der Waals surface area contributed by atoms with Gasteiger partial charge in [-0.25, -0.2) is 4.98 Å². The molecule has 70 valence electrons. The molecule has 1 amide bonds. The number of aromatic nitrogens is 1. The second-order valence-corrected chi connectivity index (χ2v) is 4.08. The molecule has 1 unspecified atom stereocenters. The predicted octanol–water partition coefficient (Wildman–Crippen LogP) is 2.21. The van der Waals surface area contributed by atoms with Gasteiger partial charge in [0.1, 0.15) is 9.48 Å². The molecule has 1 N–H and O–H groups in total. The highest BCUT2D eigenvalue weighted by Gasteiger charge is 2.13. The van der Waals surface area contributed by atoms with Crippen molar-refractivity contribution in [2.75, 3.05) is 0 Å². The summed E-state index contributed by atoms with van der Waals surface area (Å²) >= 11 is 4.50. The molecule has 13 heavy (non-hydrogen) atoms. The Morgan fingerprint density at radius 3 is 3.08 bits per heavy atom. The molecule has 1 rings (SSSR count). The average Bonchev–Trinajstić information content (AvgIpc) is 2.51. The van der Waals surface area contributed by atoms with Crippen LogP contribution in [-0.4, -0.2) is 16.9 Å². The van der Waals surface area contributed by atoms with Crippen LogP contribution in [0.25, 0.3) is 0 Å². The van der Waals surface area contributed by atoms with Crippen molar-refractivity contribution in [3.8, 4) is 0 Å². The van der Waals surface area contributed by atoms with E-state index in [-0.39, 0.29) is 11.9 Å². The van der Waals surface area contributed by atoms with Gasteiger partial charge in [-0.05, 0) is 22.9 Å². The van der Waals surface area contributed by atoms with Gasteiger partial charge in [-0.1, -0.05) is 6.08 Å². The first-order chi connectivity index (χ1) is 6.15. The molecule has 0 radical (unpaired) electrons. The van der Waals surface area contributed by atoms with Gasteiger partial charge in [0.05, 0.1) is 5.51 Å². The molecule has 0 aliphatic rings. The van der Waals surface area contributed by atoms with Crippen molar-refractivity contribution in [3.05, 3.63) is 27.6 Å². The fourth-order valence-corrected chi connectivity index (χ4v) is 1.99. The van der Waals surface area contributed by atoms with Gasteiger partial charge in [0.25, 0.3) is 5.91 Å². The van der Waals surface area contributed by atoms with Crippen LogP contribution in [0, 0.1) is 0 Å². The minimum Gasteiger partial charge on any atom is -0.345 e. The highest BCUT2D eigenvalue weighted by atomic mass is 79.9. The molecule has 0 aliphatic carbocycles. The Balaban J connectivity index is 2.69. The third-order valence-electron chi connectivity index (χ3n) is 1.44. The summed E-state index contributed by atoms with van der Waals surface area (Å²) < 4.78 is 0.589. The quantitative estimate of drug-likeness (QED) is 0.847. The molecular formula is C8H9BrN2OS. The van der Waals surface area contributed by atoms with E-state index >= 15 is 0 Å². The van der Waals surface area contributed by atoms with Crippen LogP contribution < -0.4 is 5.32 Å². The van der Waals surface area contributed by atoms with Crippen molar-refractivity contribution in [1.29, 1.82) is 0 Å². The second-order valence-electron chi connectivity index (χ2n) is 2.47. The van der Waals surface area contributed by atoms with E-state index in [0.717, 1.165) is 0 Å². The van der Waals surface area contributed by atoms with Crippen molar-refractivity contribution in [3.63, 3.8) is 0 Å². The smallest absolute Gasteiger partial charge is 0.264 e. The largest absolute Gasteiger partial charge is 0.345 e. The lowest BCUT2D eigenvalue weighted by Gasteiger charge is -2.07. The van der Waals surface area contributed by atoms with Crippen LogP contribution in [0.1, 0.15) is 16.6 Å². The zero-order chi connectivity index (χ0) is 9.84. The number of halogens is 1. The fourth-order valence-electron chi connectivity index (χ4n) is 0.711. The summed E-state index contributed by atoms with van der Waals surface area (Å²) in [5.74, 6) is -0.123. The molecule has 1 aromatic rings. The topological polar surface area (TPSA) is 42.0 Å². The maximum atomic E-state index is 11.5. The van der Waals surface area contributed by atoms with E-state index in [4.69, 9.17) is 0 Å². The van der Waals surface area contributed by atoms with E-state index in [1.807, 2.05) is 6.92 Å². The first-order valence-corrected chi connectivity index (χ1v) is 5.34. The van der Waals surface area contributed by atoms with Gasteiger partial charge in [-0.15, -0.1) is 17.9 Å². The van der Waals surface area contributed by atoms with E-state index in [1.54, 1.807) is 11.6 Å². The molecule has 1 aromatic heterocycles. The third kappa shape index (κ3) is 2.63. The van der Waals surface area contributed by atoms with Gasteiger partial charge in [0.15, 0.2) is 0 Å². The van der Waals surface area contributed by atoms with Crippen LogP contribution in [0.5, 0.6) is 0 Å². The molecular weight excluding hydrogens is 252 g/mol. The molecule has 0 saturated heterocycles. The molecule has 0 saturated carbocycles. The Bertz CT molecular complexity index is 324. The van der Waals surface area contributed by atoms with Gasteiger partial charge >= 0.3 is 0 Å². The summed E-state index contributed by atoms with van der Waals surface area (Å²) in [7, 11) is 0. The van der Waals surface area contributed by atoms with Crippen molar-refractivity contribution in [2.45, 2.75) is 13.0 Å². The number of amides is 1. The van der Waals surface area contributed by atoms with Crippen LogP contribution in [0.3, 0.4) is 0 Å². The first kappa shape index (κ1) is 10.4. The number of rotatable bonds is 3. The summed E-state index contributed by atoms with van der Waals surface area (Å²) in [5.41, 5.74) is 1.62. The molecule has 0 aliphatic heterocycles. The number of thiazole rings is 1. The van der Waals surface area contributed by atoms with Crippen LogP contribution in [0.15, 0.2) is 22.8 Å². The number of carbonyl (C=O) groups is 1. The van der Waals surface area contributed by atoms with E-state index in [9.17, 15) is 4.79 Å². The first-order valence-electron chi connectivity index (χ1n) is 3.67. The maximum absolute atomic E-state index is 11.5. The Labute approximate surface area is 89.0 Å². The van der Waals surface area contributed by atoms with Crippen LogP contribution in [0.2, 0.25) is 0 Å². The number of nitrogens with one attached hydrogen (secondary N) is 1. The molecule has 0 bridgehead atoms. The van der Waals surface area contributed by atoms with Crippen molar-refractivity contribution in [1.82, 2.24) is 10.3 Å². The second kappa shape index (κ2) is 4.53. The number of hydrogen-bond acceptors (Lipinski definition) is 3. The summed E-state index contributed by atoms with van der Waals surface area (Å²) in [4.78, 5) is 16.0. The normalized spacial score (nSPS) is 12.2. The average molecular weight is 261 g/mol. The lowest BCUT2D eigenvalue weighted by molar-refractivity contribution is 0.0950.